The van der Waals surface area contributed by atoms with E-state index >= 15 is 0 Å². The summed E-state index contributed by atoms with van der Waals surface area (Å²) < 4.78 is 2.21. The minimum absolute atomic E-state index is 0.187. The van der Waals surface area contributed by atoms with Gasteiger partial charge in [0.25, 0.3) is 0 Å². The standard InChI is InChI=1S/C16H32N4/c1-3-5-6-7-8-9-10-11-15(19-17)16-18-12-14-20(16)13-4-2/h12,14-15,19H,3-11,13,17H2,1-2H3. The van der Waals surface area contributed by atoms with Crippen LogP contribution in [0.3, 0.4) is 0 Å². The Bertz CT molecular complexity index is 335. The van der Waals surface area contributed by atoms with Gasteiger partial charge in [0.05, 0.1) is 6.04 Å². The Kier molecular flexibility index (Phi) is 9.33. The van der Waals surface area contributed by atoms with Gasteiger partial charge in [-0.1, -0.05) is 58.8 Å². The van der Waals surface area contributed by atoms with Gasteiger partial charge in [0.15, 0.2) is 0 Å². The zero-order valence-electron chi connectivity index (χ0n) is 13.3. The molecule has 0 aromatic carbocycles. The maximum Gasteiger partial charge on any atom is 0.127 e. The minimum atomic E-state index is 0.187. The van der Waals surface area contributed by atoms with Crippen molar-refractivity contribution in [1.29, 1.82) is 0 Å². The number of nitrogens with zero attached hydrogens (tertiary/aromatic N) is 2. The molecular weight excluding hydrogens is 248 g/mol. The van der Waals surface area contributed by atoms with Crippen LogP contribution in [-0.4, -0.2) is 9.55 Å². The number of imidazole rings is 1. The highest BCUT2D eigenvalue weighted by molar-refractivity contribution is 4.99. The van der Waals surface area contributed by atoms with Crippen LogP contribution in [0.15, 0.2) is 12.4 Å². The van der Waals surface area contributed by atoms with Crippen molar-refractivity contribution in [1.82, 2.24) is 15.0 Å². The Morgan fingerprint density at radius 1 is 1.10 bits per heavy atom. The van der Waals surface area contributed by atoms with E-state index in [-0.39, 0.29) is 6.04 Å². The summed E-state index contributed by atoms with van der Waals surface area (Å²) in [5.74, 6) is 6.79. The van der Waals surface area contributed by atoms with E-state index in [0.717, 1.165) is 25.2 Å². The maximum atomic E-state index is 5.71. The first-order chi connectivity index (χ1) is 9.83. The Balaban J connectivity index is 2.27. The van der Waals surface area contributed by atoms with Gasteiger partial charge in [0, 0.05) is 18.9 Å². The van der Waals surface area contributed by atoms with Crippen molar-refractivity contribution in [3.05, 3.63) is 18.2 Å². The Hall–Kier alpha value is -0.870. The van der Waals surface area contributed by atoms with Crippen molar-refractivity contribution in [3.63, 3.8) is 0 Å². The number of aromatic nitrogens is 2. The summed E-state index contributed by atoms with van der Waals surface area (Å²) in [5, 5.41) is 0. The second-order valence-electron chi connectivity index (χ2n) is 5.61. The molecule has 0 bridgehead atoms. The summed E-state index contributed by atoms with van der Waals surface area (Å²) >= 11 is 0. The van der Waals surface area contributed by atoms with Gasteiger partial charge in [0.2, 0.25) is 0 Å². The molecule has 1 atom stereocenters. The molecule has 0 aliphatic carbocycles. The van der Waals surface area contributed by atoms with Crippen LogP contribution in [0.1, 0.15) is 83.5 Å². The van der Waals surface area contributed by atoms with Crippen LogP contribution in [0.25, 0.3) is 0 Å². The molecule has 0 saturated carbocycles. The van der Waals surface area contributed by atoms with E-state index in [1.54, 1.807) is 0 Å². The van der Waals surface area contributed by atoms with E-state index in [4.69, 9.17) is 5.84 Å². The Labute approximate surface area is 124 Å². The minimum Gasteiger partial charge on any atom is -0.334 e. The first kappa shape index (κ1) is 17.2. The zero-order valence-corrected chi connectivity index (χ0v) is 13.3. The van der Waals surface area contributed by atoms with Gasteiger partial charge in [-0.25, -0.2) is 10.4 Å². The lowest BCUT2D eigenvalue weighted by molar-refractivity contribution is 0.438. The third-order valence-electron chi connectivity index (χ3n) is 3.82. The summed E-state index contributed by atoms with van der Waals surface area (Å²) in [7, 11) is 0. The van der Waals surface area contributed by atoms with E-state index < -0.39 is 0 Å². The SMILES string of the molecule is CCCCCCCCCC(NN)c1nccn1CCC. The number of rotatable bonds is 12. The highest BCUT2D eigenvalue weighted by Gasteiger charge is 2.14. The fourth-order valence-electron chi connectivity index (χ4n) is 2.65. The highest BCUT2D eigenvalue weighted by Crippen LogP contribution is 2.19. The second kappa shape index (κ2) is 10.9. The molecule has 0 radical (unpaired) electrons. The molecule has 1 aromatic rings. The van der Waals surface area contributed by atoms with Crippen LogP contribution in [0, 0.1) is 0 Å². The fourth-order valence-corrected chi connectivity index (χ4v) is 2.65. The van der Waals surface area contributed by atoms with Gasteiger partial charge in [-0.2, -0.15) is 0 Å². The van der Waals surface area contributed by atoms with Gasteiger partial charge in [-0.15, -0.1) is 0 Å². The molecule has 1 rings (SSSR count). The lowest BCUT2D eigenvalue weighted by Crippen LogP contribution is -2.30. The van der Waals surface area contributed by atoms with Gasteiger partial charge < -0.3 is 4.57 Å². The van der Waals surface area contributed by atoms with Gasteiger partial charge >= 0.3 is 0 Å². The normalized spacial score (nSPS) is 12.8. The van der Waals surface area contributed by atoms with E-state index in [0.29, 0.717) is 0 Å². The molecule has 4 heteroatoms. The van der Waals surface area contributed by atoms with Crippen LogP contribution >= 0.6 is 0 Å². The lowest BCUT2D eigenvalue weighted by Gasteiger charge is -2.17. The molecule has 3 N–H and O–H groups in total. The zero-order chi connectivity index (χ0) is 14.6. The number of hydrazine groups is 1. The topological polar surface area (TPSA) is 55.9 Å². The van der Waals surface area contributed by atoms with E-state index in [1.165, 1.54) is 44.9 Å². The number of hydrogen-bond acceptors (Lipinski definition) is 3. The van der Waals surface area contributed by atoms with Crippen molar-refractivity contribution >= 4 is 0 Å². The third kappa shape index (κ3) is 6.06. The number of hydrogen-bond donors (Lipinski definition) is 2. The molecule has 0 saturated heterocycles. The fraction of sp³-hybridized carbons (Fsp3) is 0.812. The van der Waals surface area contributed by atoms with Gasteiger partial charge in [-0.3, -0.25) is 5.84 Å². The summed E-state index contributed by atoms with van der Waals surface area (Å²) in [5.41, 5.74) is 2.93. The molecule has 0 spiro atoms. The second-order valence-corrected chi connectivity index (χ2v) is 5.61. The van der Waals surface area contributed by atoms with Crippen LogP contribution in [0.2, 0.25) is 0 Å². The van der Waals surface area contributed by atoms with Crippen molar-refractivity contribution in [2.24, 2.45) is 5.84 Å². The van der Waals surface area contributed by atoms with Gasteiger partial charge in [-0.05, 0) is 12.8 Å². The van der Waals surface area contributed by atoms with Crippen LogP contribution in [0.5, 0.6) is 0 Å². The van der Waals surface area contributed by atoms with Crippen LogP contribution in [0.4, 0.5) is 0 Å². The molecule has 1 aromatic heterocycles. The molecule has 4 nitrogen and oxygen atoms in total. The predicted octanol–water partition coefficient (Wildman–Crippen LogP) is 3.94. The number of nitrogens with one attached hydrogen (secondary N) is 1. The number of unbranched alkanes of at least 4 members (excludes halogenated alkanes) is 6. The first-order valence-corrected chi connectivity index (χ1v) is 8.30. The van der Waals surface area contributed by atoms with Crippen molar-refractivity contribution in [2.45, 2.75) is 84.2 Å². The molecule has 1 heterocycles. The summed E-state index contributed by atoms with van der Waals surface area (Å²) in [4.78, 5) is 4.47. The van der Waals surface area contributed by atoms with Crippen molar-refractivity contribution in [3.8, 4) is 0 Å². The summed E-state index contributed by atoms with van der Waals surface area (Å²) in [6.07, 6.45) is 15.4. The van der Waals surface area contributed by atoms with E-state index in [9.17, 15) is 0 Å². The van der Waals surface area contributed by atoms with Gasteiger partial charge in [0.1, 0.15) is 5.82 Å². The van der Waals surface area contributed by atoms with Crippen LogP contribution in [-0.2, 0) is 6.54 Å². The molecule has 20 heavy (non-hydrogen) atoms. The average molecular weight is 280 g/mol. The smallest absolute Gasteiger partial charge is 0.127 e. The Morgan fingerprint density at radius 2 is 1.80 bits per heavy atom. The van der Waals surface area contributed by atoms with E-state index in [1.807, 2.05) is 12.4 Å². The first-order valence-electron chi connectivity index (χ1n) is 8.30. The Morgan fingerprint density at radius 3 is 2.45 bits per heavy atom. The third-order valence-corrected chi connectivity index (χ3v) is 3.82. The maximum absolute atomic E-state index is 5.71. The largest absolute Gasteiger partial charge is 0.334 e. The molecule has 0 aliphatic rings. The highest BCUT2D eigenvalue weighted by atomic mass is 15.3. The summed E-state index contributed by atoms with van der Waals surface area (Å²) in [6.45, 7) is 5.46. The predicted molar refractivity (Wildman–Crippen MR) is 85.2 cm³/mol. The number of aryl methyl sites for hydroxylation is 1. The number of nitrogens with two attached hydrogens (primary N) is 1. The average Bonchev–Trinajstić information content (AvgIpc) is 2.91. The quantitative estimate of drug-likeness (QED) is 0.346. The summed E-state index contributed by atoms with van der Waals surface area (Å²) in [6, 6.07) is 0.187. The van der Waals surface area contributed by atoms with E-state index in [2.05, 4.69) is 28.8 Å². The molecular formula is C16H32N4. The molecule has 0 aliphatic heterocycles. The van der Waals surface area contributed by atoms with Crippen molar-refractivity contribution in [2.75, 3.05) is 0 Å². The molecule has 1 unspecified atom stereocenters. The lowest BCUT2D eigenvalue weighted by atomic mass is 10.0. The van der Waals surface area contributed by atoms with Crippen molar-refractivity contribution < 1.29 is 0 Å². The molecule has 0 fully saturated rings. The van der Waals surface area contributed by atoms with Crippen LogP contribution < -0.4 is 11.3 Å². The monoisotopic (exact) mass is 280 g/mol. The molecule has 0 amide bonds. The molecule has 116 valence electrons.